The van der Waals surface area contributed by atoms with Crippen LogP contribution >= 0.6 is 11.5 Å². The third-order valence-electron chi connectivity index (χ3n) is 2.79. The number of rotatable bonds is 4. The number of aromatic nitrogens is 2. The molecule has 4 nitrogen and oxygen atoms in total. The summed E-state index contributed by atoms with van der Waals surface area (Å²) in [5, 5.41) is 0.969. The van der Waals surface area contributed by atoms with Gasteiger partial charge in [-0.05, 0) is 25.7 Å². The zero-order valence-electron chi connectivity index (χ0n) is 8.44. The van der Waals surface area contributed by atoms with E-state index in [9.17, 15) is 0 Å². The van der Waals surface area contributed by atoms with Crippen molar-refractivity contribution in [2.45, 2.75) is 26.2 Å². The average Bonchev–Trinajstić information content (AvgIpc) is 2.50. The molecule has 1 fully saturated rings. The van der Waals surface area contributed by atoms with Crippen molar-refractivity contribution in [2.24, 2.45) is 5.92 Å². The molecule has 1 aliphatic carbocycles. The Morgan fingerprint density at radius 1 is 1.57 bits per heavy atom. The third-order valence-corrected chi connectivity index (χ3v) is 3.58. The summed E-state index contributed by atoms with van der Waals surface area (Å²) in [6, 6.07) is 0. The van der Waals surface area contributed by atoms with Crippen LogP contribution in [0.25, 0.3) is 0 Å². The van der Waals surface area contributed by atoms with Crippen LogP contribution in [0.15, 0.2) is 0 Å². The Morgan fingerprint density at radius 2 is 2.36 bits per heavy atom. The fraction of sp³-hybridized carbons (Fsp3) is 0.778. The molecule has 1 aliphatic rings. The maximum atomic E-state index is 5.51. The van der Waals surface area contributed by atoms with Crippen LogP contribution in [-0.2, 0) is 0 Å². The lowest BCUT2D eigenvalue weighted by Crippen LogP contribution is -2.32. The first-order chi connectivity index (χ1) is 6.79. The second-order valence-corrected chi connectivity index (χ2v) is 4.50. The van der Waals surface area contributed by atoms with Crippen LogP contribution in [0, 0.1) is 5.92 Å². The second kappa shape index (κ2) is 4.13. The predicted octanol–water partition coefficient (Wildman–Crippen LogP) is 1.75. The van der Waals surface area contributed by atoms with Crippen molar-refractivity contribution >= 4 is 22.6 Å². The van der Waals surface area contributed by atoms with E-state index in [1.807, 2.05) is 0 Å². The quantitative estimate of drug-likeness (QED) is 0.826. The Balaban J connectivity index is 1.97. The summed E-state index contributed by atoms with van der Waals surface area (Å²) in [5.41, 5.74) is 5.51. The first kappa shape index (κ1) is 9.71. The van der Waals surface area contributed by atoms with Crippen molar-refractivity contribution in [3.8, 4) is 0 Å². The van der Waals surface area contributed by atoms with Gasteiger partial charge in [0.25, 0.3) is 0 Å². The smallest absolute Gasteiger partial charge is 0.233 e. The molecule has 0 aromatic carbocycles. The van der Waals surface area contributed by atoms with Gasteiger partial charge in [-0.15, -0.1) is 0 Å². The summed E-state index contributed by atoms with van der Waals surface area (Å²) < 4.78 is 4.00. The van der Waals surface area contributed by atoms with E-state index in [-0.39, 0.29) is 0 Å². The molecule has 0 amide bonds. The van der Waals surface area contributed by atoms with E-state index in [1.54, 1.807) is 0 Å². The highest BCUT2D eigenvalue weighted by molar-refractivity contribution is 7.09. The highest BCUT2D eigenvalue weighted by Gasteiger charge is 2.21. The molecule has 1 aromatic rings. The van der Waals surface area contributed by atoms with Gasteiger partial charge >= 0.3 is 0 Å². The van der Waals surface area contributed by atoms with Crippen LogP contribution in [0.2, 0.25) is 0 Å². The molecule has 0 radical (unpaired) electrons. The van der Waals surface area contributed by atoms with Gasteiger partial charge in [-0.2, -0.15) is 9.36 Å². The summed E-state index contributed by atoms with van der Waals surface area (Å²) in [7, 11) is 0. The normalized spacial score (nSPS) is 16.6. The summed E-state index contributed by atoms with van der Waals surface area (Å²) in [6.07, 6.45) is 4.12. The van der Waals surface area contributed by atoms with Gasteiger partial charge in [0.1, 0.15) is 0 Å². The van der Waals surface area contributed by atoms with E-state index in [1.165, 1.54) is 30.8 Å². The van der Waals surface area contributed by atoms with E-state index >= 15 is 0 Å². The molecule has 0 saturated heterocycles. The maximum absolute atomic E-state index is 5.51. The van der Waals surface area contributed by atoms with Crippen LogP contribution in [0.4, 0.5) is 11.1 Å². The van der Waals surface area contributed by atoms with E-state index in [2.05, 4.69) is 21.2 Å². The molecule has 0 unspecified atom stereocenters. The minimum absolute atomic E-state index is 0.400. The summed E-state index contributed by atoms with van der Waals surface area (Å²) >= 11 is 1.40. The summed E-state index contributed by atoms with van der Waals surface area (Å²) in [5.74, 6) is 1.26. The highest BCUT2D eigenvalue weighted by Crippen LogP contribution is 2.29. The van der Waals surface area contributed by atoms with Gasteiger partial charge in [-0.3, -0.25) is 0 Å². The lowest BCUT2D eigenvalue weighted by molar-refractivity contribution is 0.318. The standard InChI is InChI=1S/C9H16N4S/c1-2-13(6-7-4-3-5-7)9-11-8(10)12-14-9/h7H,2-6H2,1H3,(H2,10,12). The molecule has 2 rings (SSSR count). The maximum Gasteiger partial charge on any atom is 0.233 e. The van der Waals surface area contributed by atoms with Crippen molar-refractivity contribution in [2.75, 3.05) is 23.7 Å². The van der Waals surface area contributed by atoms with Crippen LogP contribution in [-0.4, -0.2) is 22.4 Å². The number of nitrogens with two attached hydrogens (primary N) is 1. The molecule has 2 N–H and O–H groups in total. The molecule has 0 aliphatic heterocycles. The minimum Gasteiger partial charge on any atom is -0.367 e. The van der Waals surface area contributed by atoms with E-state index in [4.69, 9.17) is 5.73 Å². The van der Waals surface area contributed by atoms with Gasteiger partial charge in [0.2, 0.25) is 11.1 Å². The first-order valence-corrected chi connectivity index (χ1v) is 5.91. The lowest BCUT2D eigenvalue weighted by Gasteiger charge is -2.31. The minimum atomic E-state index is 0.400. The van der Waals surface area contributed by atoms with Gasteiger partial charge in [0, 0.05) is 24.6 Å². The molecule has 1 heterocycles. The van der Waals surface area contributed by atoms with Gasteiger partial charge < -0.3 is 10.6 Å². The molecule has 0 atom stereocenters. The fourth-order valence-corrected chi connectivity index (χ4v) is 2.35. The zero-order valence-corrected chi connectivity index (χ0v) is 9.26. The largest absolute Gasteiger partial charge is 0.367 e. The molecule has 0 spiro atoms. The summed E-state index contributed by atoms with van der Waals surface area (Å²) in [6.45, 7) is 4.26. The SMILES string of the molecule is CCN(CC1CCC1)c1nc(N)ns1. The molecule has 1 aromatic heterocycles. The molecule has 14 heavy (non-hydrogen) atoms. The molecule has 5 heteroatoms. The first-order valence-electron chi connectivity index (χ1n) is 5.13. The van der Waals surface area contributed by atoms with Crippen molar-refractivity contribution < 1.29 is 0 Å². The summed E-state index contributed by atoms with van der Waals surface area (Å²) in [4.78, 5) is 6.48. The Hall–Kier alpha value is -0.840. The van der Waals surface area contributed by atoms with Crippen molar-refractivity contribution in [1.29, 1.82) is 0 Å². The lowest BCUT2D eigenvalue weighted by atomic mass is 9.85. The van der Waals surface area contributed by atoms with Crippen LogP contribution < -0.4 is 10.6 Å². The number of anilines is 2. The molecule has 0 bridgehead atoms. The zero-order chi connectivity index (χ0) is 9.97. The van der Waals surface area contributed by atoms with Crippen LogP contribution in [0.5, 0.6) is 0 Å². The van der Waals surface area contributed by atoms with Gasteiger partial charge in [-0.25, -0.2) is 0 Å². The molecule has 1 saturated carbocycles. The molecule has 78 valence electrons. The van der Waals surface area contributed by atoms with Crippen molar-refractivity contribution in [3.63, 3.8) is 0 Å². The fourth-order valence-electron chi connectivity index (χ4n) is 1.68. The van der Waals surface area contributed by atoms with E-state index in [0.29, 0.717) is 5.95 Å². The Labute approximate surface area is 88.3 Å². The number of hydrogen-bond donors (Lipinski definition) is 1. The van der Waals surface area contributed by atoms with E-state index < -0.39 is 0 Å². The monoisotopic (exact) mass is 212 g/mol. The van der Waals surface area contributed by atoms with Gasteiger partial charge in [-0.1, -0.05) is 6.42 Å². The highest BCUT2D eigenvalue weighted by atomic mass is 32.1. The topological polar surface area (TPSA) is 55.0 Å². The molecular weight excluding hydrogens is 196 g/mol. The van der Waals surface area contributed by atoms with Crippen molar-refractivity contribution in [3.05, 3.63) is 0 Å². The Bertz CT molecular complexity index is 295. The average molecular weight is 212 g/mol. The predicted molar refractivity (Wildman–Crippen MR) is 59.5 cm³/mol. The Kier molecular flexibility index (Phi) is 2.86. The van der Waals surface area contributed by atoms with Gasteiger partial charge in [0.05, 0.1) is 0 Å². The third kappa shape index (κ3) is 1.97. The van der Waals surface area contributed by atoms with Crippen LogP contribution in [0.3, 0.4) is 0 Å². The number of nitrogen functional groups attached to an aromatic ring is 1. The Morgan fingerprint density at radius 3 is 2.79 bits per heavy atom. The van der Waals surface area contributed by atoms with Gasteiger partial charge in [0.15, 0.2) is 0 Å². The van der Waals surface area contributed by atoms with Crippen LogP contribution in [0.1, 0.15) is 26.2 Å². The molecular formula is C9H16N4S. The van der Waals surface area contributed by atoms with E-state index in [0.717, 1.165) is 24.1 Å². The second-order valence-electron chi connectivity index (χ2n) is 3.77. The number of nitrogens with zero attached hydrogens (tertiary/aromatic N) is 3. The van der Waals surface area contributed by atoms with Crippen molar-refractivity contribution in [1.82, 2.24) is 9.36 Å². The number of hydrogen-bond acceptors (Lipinski definition) is 5.